The van der Waals surface area contributed by atoms with Gasteiger partial charge in [-0.05, 0) is 37.7 Å². The zero-order chi connectivity index (χ0) is 12.7. The maximum Gasteiger partial charge on any atom is 0.138 e. The van der Waals surface area contributed by atoms with Crippen molar-refractivity contribution < 1.29 is 4.74 Å². The van der Waals surface area contributed by atoms with Crippen LogP contribution in [0.15, 0.2) is 18.2 Å². The molecule has 0 aromatic heterocycles. The minimum Gasteiger partial charge on any atom is -0.492 e. The van der Waals surface area contributed by atoms with Crippen LogP contribution in [0.25, 0.3) is 0 Å². The van der Waals surface area contributed by atoms with E-state index in [2.05, 4.69) is 18.7 Å². The molecule has 2 N–H and O–H groups in total. The van der Waals surface area contributed by atoms with Crippen molar-refractivity contribution >= 4 is 17.3 Å². The van der Waals surface area contributed by atoms with Crippen LogP contribution < -0.4 is 10.5 Å². The highest BCUT2D eigenvalue weighted by atomic mass is 35.5. The molecule has 0 atom stereocenters. The van der Waals surface area contributed by atoms with Gasteiger partial charge in [0.15, 0.2) is 0 Å². The molecule has 0 amide bonds. The van der Waals surface area contributed by atoms with Crippen LogP contribution in [-0.4, -0.2) is 31.1 Å². The number of nitrogens with two attached hydrogens (primary N) is 1. The van der Waals surface area contributed by atoms with E-state index in [1.165, 1.54) is 0 Å². The highest BCUT2D eigenvalue weighted by Crippen LogP contribution is 2.26. The monoisotopic (exact) mass is 256 g/mol. The third-order valence-corrected chi connectivity index (χ3v) is 3.02. The van der Waals surface area contributed by atoms with Crippen LogP contribution in [0.3, 0.4) is 0 Å². The number of rotatable bonds is 7. The quantitative estimate of drug-likeness (QED) is 0.602. The summed E-state index contributed by atoms with van der Waals surface area (Å²) in [7, 11) is 0. The first-order valence-corrected chi connectivity index (χ1v) is 6.45. The first-order chi connectivity index (χ1) is 8.17. The molecule has 0 aliphatic heterocycles. The summed E-state index contributed by atoms with van der Waals surface area (Å²) in [4.78, 5) is 2.37. The number of hydrogen-bond acceptors (Lipinski definition) is 3. The van der Waals surface area contributed by atoms with Crippen molar-refractivity contribution in [3.05, 3.63) is 23.2 Å². The summed E-state index contributed by atoms with van der Waals surface area (Å²) in [5.41, 5.74) is 6.27. The van der Waals surface area contributed by atoms with E-state index in [0.29, 0.717) is 23.1 Å². The molecule has 0 saturated carbocycles. The van der Waals surface area contributed by atoms with Crippen molar-refractivity contribution in [2.75, 3.05) is 32.0 Å². The fourth-order valence-electron chi connectivity index (χ4n) is 1.64. The number of halogens is 1. The van der Waals surface area contributed by atoms with E-state index in [9.17, 15) is 0 Å². The summed E-state index contributed by atoms with van der Waals surface area (Å²) >= 11 is 6.01. The summed E-state index contributed by atoms with van der Waals surface area (Å²) in [6.07, 6.45) is 1.00. The molecule has 0 aliphatic carbocycles. The Kier molecular flexibility index (Phi) is 6.16. The molecule has 1 rings (SSSR count). The third kappa shape index (κ3) is 4.84. The van der Waals surface area contributed by atoms with Crippen LogP contribution in [0.1, 0.15) is 20.3 Å². The number of nitrogen functional groups attached to an aromatic ring is 1. The Balaban J connectivity index is 2.31. The van der Waals surface area contributed by atoms with Crippen LogP contribution in [0, 0.1) is 0 Å². The van der Waals surface area contributed by atoms with Crippen LogP contribution >= 0.6 is 11.6 Å². The van der Waals surface area contributed by atoms with Crippen LogP contribution in [0.4, 0.5) is 5.69 Å². The van der Waals surface area contributed by atoms with E-state index in [1.54, 1.807) is 12.1 Å². The first-order valence-electron chi connectivity index (χ1n) is 6.07. The molecule has 3 nitrogen and oxygen atoms in total. The molecule has 0 unspecified atom stereocenters. The highest BCUT2D eigenvalue weighted by molar-refractivity contribution is 6.32. The number of hydrogen-bond donors (Lipinski definition) is 1. The molecule has 0 saturated heterocycles. The summed E-state index contributed by atoms with van der Waals surface area (Å²) < 4.78 is 5.62. The number of ether oxygens (including phenoxy) is 1. The molecule has 4 heteroatoms. The molecule has 0 heterocycles. The Morgan fingerprint density at radius 3 is 2.59 bits per heavy atom. The summed E-state index contributed by atoms with van der Waals surface area (Å²) in [5, 5.41) is 0.577. The van der Waals surface area contributed by atoms with Crippen molar-refractivity contribution in [1.29, 1.82) is 0 Å². The maximum atomic E-state index is 6.01. The molecular weight excluding hydrogens is 236 g/mol. The fraction of sp³-hybridized carbons (Fsp3) is 0.538. The van der Waals surface area contributed by atoms with Crippen LogP contribution in [-0.2, 0) is 0 Å². The number of benzene rings is 1. The highest BCUT2D eigenvalue weighted by Gasteiger charge is 2.02. The molecule has 1 aromatic rings. The van der Waals surface area contributed by atoms with E-state index >= 15 is 0 Å². The Morgan fingerprint density at radius 2 is 2.00 bits per heavy atom. The average Bonchev–Trinajstić information content (AvgIpc) is 2.32. The van der Waals surface area contributed by atoms with Crippen molar-refractivity contribution in [3.63, 3.8) is 0 Å². The lowest BCUT2D eigenvalue weighted by atomic mass is 10.3. The SMILES string of the molecule is CCN(CC)CCCOc1ccc(N)cc1Cl. The standard InChI is InChI=1S/C13H21ClN2O/c1-3-16(4-2)8-5-9-17-13-7-6-11(15)10-12(13)14/h6-7,10H,3-5,8-9,15H2,1-2H3. The lowest BCUT2D eigenvalue weighted by Gasteiger charge is -2.17. The maximum absolute atomic E-state index is 6.01. The lowest BCUT2D eigenvalue weighted by molar-refractivity contribution is 0.249. The molecule has 0 bridgehead atoms. The zero-order valence-electron chi connectivity index (χ0n) is 10.6. The van der Waals surface area contributed by atoms with Gasteiger partial charge < -0.3 is 15.4 Å². The van der Waals surface area contributed by atoms with Gasteiger partial charge in [0.05, 0.1) is 11.6 Å². The molecule has 0 fully saturated rings. The second-order valence-electron chi connectivity index (χ2n) is 3.92. The van der Waals surface area contributed by atoms with Crippen LogP contribution in [0.5, 0.6) is 5.75 Å². The van der Waals surface area contributed by atoms with Gasteiger partial charge in [-0.3, -0.25) is 0 Å². The van der Waals surface area contributed by atoms with Gasteiger partial charge in [0.2, 0.25) is 0 Å². The molecule has 96 valence electrons. The van der Waals surface area contributed by atoms with E-state index in [4.69, 9.17) is 22.1 Å². The van der Waals surface area contributed by atoms with Gasteiger partial charge in [0.1, 0.15) is 5.75 Å². The molecular formula is C13H21ClN2O. The third-order valence-electron chi connectivity index (χ3n) is 2.73. The van der Waals surface area contributed by atoms with E-state index in [-0.39, 0.29) is 0 Å². The van der Waals surface area contributed by atoms with Gasteiger partial charge in [-0.15, -0.1) is 0 Å². The van der Waals surface area contributed by atoms with Gasteiger partial charge in [0, 0.05) is 12.2 Å². The summed E-state index contributed by atoms with van der Waals surface area (Å²) in [5.74, 6) is 0.709. The predicted molar refractivity (Wildman–Crippen MR) is 73.8 cm³/mol. The number of nitrogens with zero attached hydrogens (tertiary/aromatic N) is 1. The van der Waals surface area contributed by atoms with Gasteiger partial charge in [-0.25, -0.2) is 0 Å². The molecule has 0 spiro atoms. The normalized spacial score (nSPS) is 10.8. The molecule has 17 heavy (non-hydrogen) atoms. The van der Waals surface area contributed by atoms with Crippen molar-refractivity contribution in [2.24, 2.45) is 0 Å². The van der Waals surface area contributed by atoms with Gasteiger partial charge in [-0.1, -0.05) is 25.4 Å². The van der Waals surface area contributed by atoms with E-state index < -0.39 is 0 Å². The Bertz CT molecular complexity index is 340. The average molecular weight is 257 g/mol. The Hall–Kier alpha value is -0.930. The minimum atomic E-state index is 0.577. The van der Waals surface area contributed by atoms with E-state index in [0.717, 1.165) is 26.1 Å². The topological polar surface area (TPSA) is 38.5 Å². The smallest absolute Gasteiger partial charge is 0.138 e. The first kappa shape index (κ1) is 14.1. The Labute approximate surface area is 109 Å². The van der Waals surface area contributed by atoms with Crippen molar-refractivity contribution in [3.8, 4) is 5.75 Å². The second kappa shape index (κ2) is 7.41. The summed E-state index contributed by atoms with van der Waals surface area (Å²) in [6, 6.07) is 5.32. The second-order valence-corrected chi connectivity index (χ2v) is 4.33. The largest absolute Gasteiger partial charge is 0.492 e. The fourth-order valence-corrected chi connectivity index (χ4v) is 1.89. The molecule has 0 aliphatic rings. The van der Waals surface area contributed by atoms with E-state index in [1.807, 2.05) is 6.07 Å². The van der Waals surface area contributed by atoms with Gasteiger partial charge >= 0.3 is 0 Å². The molecule has 0 radical (unpaired) electrons. The van der Waals surface area contributed by atoms with Crippen molar-refractivity contribution in [2.45, 2.75) is 20.3 Å². The zero-order valence-corrected chi connectivity index (χ0v) is 11.3. The van der Waals surface area contributed by atoms with Crippen molar-refractivity contribution in [1.82, 2.24) is 4.90 Å². The minimum absolute atomic E-state index is 0.577. The van der Waals surface area contributed by atoms with Crippen LogP contribution in [0.2, 0.25) is 5.02 Å². The predicted octanol–water partition coefficient (Wildman–Crippen LogP) is 3.03. The lowest BCUT2D eigenvalue weighted by Crippen LogP contribution is -2.25. The van der Waals surface area contributed by atoms with Gasteiger partial charge in [-0.2, -0.15) is 0 Å². The molecule has 1 aromatic carbocycles. The summed E-state index contributed by atoms with van der Waals surface area (Å²) in [6.45, 7) is 8.24. The number of anilines is 1. The van der Waals surface area contributed by atoms with Gasteiger partial charge in [0.25, 0.3) is 0 Å². The Morgan fingerprint density at radius 1 is 1.29 bits per heavy atom.